The van der Waals surface area contributed by atoms with Gasteiger partial charge in [-0.2, -0.15) is 0 Å². The molecule has 0 radical (unpaired) electrons. The molecule has 0 bridgehead atoms. The fraction of sp³-hybridized carbons (Fsp3) is 0.250. The first kappa shape index (κ1) is 16.2. The van der Waals surface area contributed by atoms with E-state index < -0.39 is 0 Å². The normalized spacial score (nSPS) is 10.0. The van der Waals surface area contributed by atoms with E-state index in [9.17, 15) is 4.79 Å². The molecule has 1 heterocycles. The molecule has 2 rings (SSSR count). The number of hydrogen-bond donors (Lipinski definition) is 3. The third kappa shape index (κ3) is 6.49. The first-order chi connectivity index (χ1) is 10.8. The van der Waals surface area contributed by atoms with Crippen molar-refractivity contribution < 1.29 is 4.79 Å². The molecule has 1 aromatic heterocycles. The number of carbonyl (C=O) groups excluding carboxylic acids is 1. The zero-order chi connectivity index (χ0) is 15.5. The van der Waals surface area contributed by atoms with Crippen molar-refractivity contribution in [2.24, 2.45) is 0 Å². The Bertz CT molecular complexity index is 501. The summed E-state index contributed by atoms with van der Waals surface area (Å²) in [7, 11) is 0. The number of aromatic nitrogens is 1. The van der Waals surface area contributed by atoms with Crippen LogP contribution in [0.15, 0.2) is 59.6 Å². The zero-order valence-corrected chi connectivity index (χ0v) is 13.1. The summed E-state index contributed by atoms with van der Waals surface area (Å²) in [6.07, 6.45) is 1.73. The van der Waals surface area contributed by atoms with Crippen molar-refractivity contribution in [1.82, 2.24) is 15.6 Å². The molecule has 0 atom stereocenters. The fourth-order valence-electron chi connectivity index (χ4n) is 1.75. The Hall–Kier alpha value is -2.21. The van der Waals surface area contributed by atoms with Crippen LogP contribution in [0.2, 0.25) is 0 Å². The summed E-state index contributed by atoms with van der Waals surface area (Å²) in [5.41, 5.74) is 0. The van der Waals surface area contributed by atoms with Crippen molar-refractivity contribution in [1.29, 1.82) is 0 Å². The first-order valence-corrected chi connectivity index (χ1v) is 8.17. The van der Waals surface area contributed by atoms with Crippen molar-refractivity contribution in [3.8, 4) is 0 Å². The number of nitrogens with one attached hydrogen (secondary N) is 3. The van der Waals surface area contributed by atoms with Crippen molar-refractivity contribution in [3.63, 3.8) is 0 Å². The van der Waals surface area contributed by atoms with E-state index in [1.54, 1.807) is 18.0 Å². The van der Waals surface area contributed by atoms with Gasteiger partial charge >= 0.3 is 6.03 Å². The summed E-state index contributed by atoms with van der Waals surface area (Å²) in [5, 5.41) is 8.77. The van der Waals surface area contributed by atoms with Crippen molar-refractivity contribution in [2.45, 2.75) is 4.90 Å². The maximum Gasteiger partial charge on any atom is 0.314 e. The standard InChI is InChI=1S/C16H20N4OS/c21-16(19-11-10-18-15-8-4-5-9-17-15)20-12-13-22-14-6-2-1-3-7-14/h1-9H,10-13H2,(H,17,18)(H2,19,20,21). The van der Waals surface area contributed by atoms with E-state index >= 15 is 0 Å². The fourth-order valence-corrected chi connectivity index (χ4v) is 2.54. The zero-order valence-electron chi connectivity index (χ0n) is 12.3. The average Bonchev–Trinajstić information content (AvgIpc) is 2.57. The third-order valence-electron chi connectivity index (χ3n) is 2.78. The molecule has 2 amide bonds. The van der Waals surface area contributed by atoms with E-state index in [1.165, 1.54) is 4.90 Å². The number of nitrogens with zero attached hydrogens (tertiary/aromatic N) is 1. The Kier molecular flexibility index (Phi) is 7.11. The van der Waals surface area contributed by atoms with Crippen LogP contribution in [0.3, 0.4) is 0 Å². The van der Waals surface area contributed by atoms with Crippen LogP contribution in [-0.2, 0) is 0 Å². The van der Waals surface area contributed by atoms with Gasteiger partial charge in [-0.3, -0.25) is 0 Å². The molecule has 3 N–H and O–H groups in total. The number of rotatable bonds is 8. The van der Waals surface area contributed by atoms with Crippen molar-refractivity contribution in [2.75, 3.05) is 30.7 Å². The van der Waals surface area contributed by atoms with Gasteiger partial charge in [0.2, 0.25) is 0 Å². The number of pyridine rings is 1. The van der Waals surface area contributed by atoms with Gasteiger partial charge in [0.1, 0.15) is 5.82 Å². The van der Waals surface area contributed by atoms with Crippen LogP contribution in [0, 0.1) is 0 Å². The summed E-state index contributed by atoms with van der Waals surface area (Å²) in [6.45, 7) is 1.83. The number of thioether (sulfide) groups is 1. The lowest BCUT2D eigenvalue weighted by atomic mass is 10.4. The molecule has 0 spiro atoms. The molecule has 0 fully saturated rings. The van der Waals surface area contributed by atoms with Crippen LogP contribution in [0.5, 0.6) is 0 Å². The maximum absolute atomic E-state index is 11.6. The molecule has 22 heavy (non-hydrogen) atoms. The number of amides is 2. The molecule has 0 saturated heterocycles. The van der Waals surface area contributed by atoms with Crippen LogP contribution in [0.1, 0.15) is 0 Å². The molecule has 0 saturated carbocycles. The molecule has 0 aliphatic rings. The molecule has 0 aliphatic heterocycles. The SMILES string of the molecule is O=C(NCCNc1ccccn1)NCCSc1ccccc1. The summed E-state index contributed by atoms with van der Waals surface area (Å²) in [4.78, 5) is 16.9. The molecule has 5 nitrogen and oxygen atoms in total. The highest BCUT2D eigenvalue weighted by Crippen LogP contribution is 2.15. The number of carbonyl (C=O) groups is 1. The molecule has 6 heteroatoms. The van der Waals surface area contributed by atoms with Gasteiger partial charge < -0.3 is 16.0 Å². The number of anilines is 1. The van der Waals surface area contributed by atoms with Crippen LogP contribution in [0.25, 0.3) is 0 Å². The first-order valence-electron chi connectivity index (χ1n) is 7.19. The topological polar surface area (TPSA) is 66.0 Å². The predicted octanol–water partition coefficient (Wildman–Crippen LogP) is 2.59. The molecule has 116 valence electrons. The number of urea groups is 1. The van der Waals surface area contributed by atoms with Gasteiger partial charge in [0.05, 0.1) is 0 Å². The van der Waals surface area contributed by atoms with E-state index in [2.05, 4.69) is 33.1 Å². The van der Waals surface area contributed by atoms with E-state index in [0.717, 1.165) is 11.6 Å². The molecule has 0 aliphatic carbocycles. The Morgan fingerprint density at radius 3 is 2.50 bits per heavy atom. The Morgan fingerprint density at radius 1 is 0.955 bits per heavy atom. The molecular formula is C16H20N4OS. The van der Waals surface area contributed by atoms with Gasteiger partial charge in [-0.05, 0) is 24.3 Å². The summed E-state index contributed by atoms with van der Waals surface area (Å²) < 4.78 is 0. The van der Waals surface area contributed by atoms with Crippen LogP contribution < -0.4 is 16.0 Å². The highest BCUT2D eigenvalue weighted by Gasteiger charge is 1.99. The molecular weight excluding hydrogens is 296 g/mol. The number of hydrogen-bond acceptors (Lipinski definition) is 4. The summed E-state index contributed by atoms with van der Waals surface area (Å²) >= 11 is 1.72. The minimum absolute atomic E-state index is 0.142. The quantitative estimate of drug-likeness (QED) is 0.517. The average molecular weight is 316 g/mol. The van der Waals surface area contributed by atoms with Crippen LogP contribution in [0.4, 0.5) is 10.6 Å². The Morgan fingerprint density at radius 2 is 1.73 bits per heavy atom. The minimum atomic E-state index is -0.142. The van der Waals surface area contributed by atoms with Gasteiger partial charge in [-0.25, -0.2) is 9.78 Å². The number of benzene rings is 1. The van der Waals surface area contributed by atoms with E-state index in [0.29, 0.717) is 19.6 Å². The Balaban J connectivity index is 1.49. The minimum Gasteiger partial charge on any atom is -0.368 e. The van der Waals surface area contributed by atoms with E-state index in [4.69, 9.17) is 0 Å². The van der Waals surface area contributed by atoms with Gasteiger partial charge in [0, 0.05) is 36.5 Å². The third-order valence-corrected chi connectivity index (χ3v) is 3.79. The highest BCUT2D eigenvalue weighted by molar-refractivity contribution is 7.99. The van der Waals surface area contributed by atoms with Crippen LogP contribution in [-0.4, -0.2) is 36.4 Å². The van der Waals surface area contributed by atoms with Crippen molar-refractivity contribution >= 4 is 23.6 Å². The molecule has 2 aromatic rings. The lowest BCUT2D eigenvalue weighted by Crippen LogP contribution is -2.38. The lowest BCUT2D eigenvalue weighted by Gasteiger charge is -2.08. The monoisotopic (exact) mass is 316 g/mol. The van der Waals surface area contributed by atoms with Crippen molar-refractivity contribution in [3.05, 3.63) is 54.7 Å². The summed E-state index contributed by atoms with van der Waals surface area (Å²) in [6, 6.07) is 15.7. The van der Waals surface area contributed by atoms with Gasteiger partial charge in [0.25, 0.3) is 0 Å². The molecule has 0 unspecified atom stereocenters. The van der Waals surface area contributed by atoms with Gasteiger partial charge in [-0.15, -0.1) is 11.8 Å². The smallest absolute Gasteiger partial charge is 0.314 e. The second kappa shape index (κ2) is 9.68. The predicted molar refractivity (Wildman–Crippen MR) is 91.3 cm³/mol. The van der Waals surface area contributed by atoms with Gasteiger partial charge in [0.15, 0.2) is 0 Å². The van der Waals surface area contributed by atoms with Crippen LogP contribution >= 0.6 is 11.8 Å². The Labute approximate surface area is 134 Å². The lowest BCUT2D eigenvalue weighted by molar-refractivity contribution is 0.242. The molecule has 1 aromatic carbocycles. The second-order valence-corrected chi connectivity index (χ2v) is 5.65. The second-order valence-electron chi connectivity index (χ2n) is 4.49. The van der Waals surface area contributed by atoms with E-state index in [-0.39, 0.29) is 6.03 Å². The summed E-state index contributed by atoms with van der Waals surface area (Å²) in [5.74, 6) is 1.66. The maximum atomic E-state index is 11.6. The largest absolute Gasteiger partial charge is 0.368 e. The van der Waals surface area contributed by atoms with E-state index in [1.807, 2.05) is 36.4 Å². The highest BCUT2D eigenvalue weighted by atomic mass is 32.2. The van der Waals surface area contributed by atoms with Gasteiger partial charge in [-0.1, -0.05) is 24.3 Å².